The number of nitrogen functional groups attached to an aromatic ring is 1. The van der Waals surface area contributed by atoms with Crippen molar-refractivity contribution in [3.63, 3.8) is 0 Å². The summed E-state index contributed by atoms with van der Waals surface area (Å²) >= 11 is 0. The van der Waals surface area contributed by atoms with Crippen LogP contribution >= 0.6 is 0 Å². The molecular formula is C27H24N2O3. The summed E-state index contributed by atoms with van der Waals surface area (Å²) in [6.07, 6.45) is 6.59. The molecular weight excluding hydrogens is 400 g/mol. The number of amides is 1. The van der Waals surface area contributed by atoms with Gasteiger partial charge in [0.2, 0.25) is 5.91 Å². The molecule has 3 aromatic carbocycles. The van der Waals surface area contributed by atoms with Gasteiger partial charge in [-0.1, -0.05) is 36.4 Å². The molecule has 1 aliphatic carbocycles. The van der Waals surface area contributed by atoms with Gasteiger partial charge in [0.25, 0.3) is 0 Å². The van der Waals surface area contributed by atoms with Crippen molar-refractivity contribution < 1.29 is 14.3 Å². The minimum absolute atomic E-state index is 0.0617. The zero-order valence-corrected chi connectivity index (χ0v) is 17.8. The van der Waals surface area contributed by atoms with Gasteiger partial charge >= 0.3 is 0 Å². The highest BCUT2D eigenvalue weighted by atomic mass is 16.5. The number of methoxy groups -OCH3 is 1. The Bertz CT molecular complexity index is 1240. The predicted molar refractivity (Wildman–Crippen MR) is 129 cm³/mol. The van der Waals surface area contributed by atoms with E-state index < -0.39 is 0 Å². The third kappa shape index (κ3) is 4.78. The highest BCUT2D eigenvalue weighted by Crippen LogP contribution is 2.28. The van der Waals surface area contributed by atoms with Gasteiger partial charge in [-0.25, -0.2) is 0 Å². The van der Waals surface area contributed by atoms with Crippen molar-refractivity contribution in [2.24, 2.45) is 0 Å². The van der Waals surface area contributed by atoms with Crippen LogP contribution in [0.3, 0.4) is 0 Å². The Kier molecular flexibility index (Phi) is 6.17. The van der Waals surface area contributed by atoms with E-state index in [1.165, 1.54) is 6.08 Å². The number of para-hydroxylation sites is 2. The quantitative estimate of drug-likeness (QED) is 0.439. The van der Waals surface area contributed by atoms with Gasteiger partial charge in [0.05, 0.1) is 18.5 Å². The maximum atomic E-state index is 12.9. The first-order valence-corrected chi connectivity index (χ1v) is 10.4. The van der Waals surface area contributed by atoms with E-state index in [-0.39, 0.29) is 11.7 Å². The van der Waals surface area contributed by atoms with Crippen LogP contribution in [0.4, 0.5) is 11.4 Å². The van der Waals surface area contributed by atoms with Gasteiger partial charge in [-0.15, -0.1) is 0 Å². The van der Waals surface area contributed by atoms with Crippen molar-refractivity contribution in [3.8, 4) is 5.75 Å². The second-order valence-electron chi connectivity index (χ2n) is 7.61. The Labute approximate surface area is 187 Å². The fourth-order valence-electron chi connectivity index (χ4n) is 3.76. The van der Waals surface area contributed by atoms with E-state index in [9.17, 15) is 9.59 Å². The molecule has 4 rings (SSSR count). The number of benzene rings is 3. The molecule has 3 aromatic rings. The van der Waals surface area contributed by atoms with Crippen molar-refractivity contribution in [3.05, 3.63) is 101 Å². The van der Waals surface area contributed by atoms with Crippen LogP contribution in [0.5, 0.6) is 5.75 Å². The molecule has 5 nitrogen and oxygen atoms in total. The topological polar surface area (TPSA) is 81.4 Å². The number of ketones is 1. The lowest BCUT2D eigenvalue weighted by atomic mass is 9.86. The van der Waals surface area contributed by atoms with Gasteiger partial charge in [-0.3, -0.25) is 9.59 Å². The van der Waals surface area contributed by atoms with Crippen molar-refractivity contribution in [2.75, 3.05) is 18.2 Å². The van der Waals surface area contributed by atoms with Crippen LogP contribution < -0.4 is 15.8 Å². The Morgan fingerprint density at radius 1 is 1.00 bits per heavy atom. The van der Waals surface area contributed by atoms with Crippen LogP contribution in [0, 0.1) is 0 Å². The number of Topliss-reactive ketones (excluding diaryl/α,β-unsaturated/α-hetero) is 1. The van der Waals surface area contributed by atoms with Crippen LogP contribution in [0.15, 0.2) is 78.4 Å². The number of ether oxygens (including phenoxy) is 1. The number of nitrogens with one attached hydrogen (secondary N) is 1. The maximum Gasteiger partial charge on any atom is 0.248 e. The monoisotopic (exact) mass is 424 g/mol. The first-order chi connectivity index (χ1) is 15.5. The highest BCUT2D eigenvalue weighted by Gasteiger charge is 2.21. The Hall–Kier alpha value is -4.12. The Morgan fingerprint density at radius 2 is 1.75 bits per heavy atom. The van der Waals surface area contributed by atoms with Crippen LogP contribution in [-0.4, -0.2) is 18.8 Å². The molecule has 1 amide bonds. The van der Waals surface area contributed by atoms with E-state index in [0.29, 0.717) is 23.5 Å². The summed E-state index contributed by atoms with van der Waals surface area (Å²) in [6, 6.07) is 20.5. The van der Waals surface area contributed by atoms with E-state index in [1.807, 2.05) is 60.7 Å². The zero-order chi connectivity index (χ0) is 22.5. The zero-order valence-electron chi connectivity index (χ0n) is 17.8. The summed E-state index contributed by atoms with van der Waals surface area (Å²) in [6.45, 7) is 0. The van der Waals surface area contributed by atoms with Gasteiger partial charge in [0.1, 0.15) is 5.75 Å². The summed E-state index contributed by atoms with van der Waals surface area (Å²) in [5.41, 5.74) is 11.2. The van der Waals surface area contributed by atoms with Gasteiger partial charge in [0.15, 0.2) is 5.78 Å². The van der Waals surface area contributed by atoms with Crippen molar-refractivity contribution in [1.82, 2.24) is 0 Å². The smallest absolute Gasteiger partial charge is 0.248 e. The first kappa shape index (κ1) is 21.1. The number of anilines is 2. The number of nitrogens with two attached hydrogens (primary N) is 1. The van der Waals surface area contributed by atoms with E-state index in [1.54, 1.807) is 25.3 Å². The molecule has 5 heteroatoms. The molecule has 0 unspecified atom stereocenters. The Balaban J connectivity index is 1.56. The van der Waals surface area contributed by atoms with Crippen LogP contribution in [-0.2, 0) is 11.2 Å². The number of carbonyl (C=O) groups is 2. The number of rotatable bonds is 5. The molecule has 0 radical (unpaired) electrons. The van der Waals surface area contributed by atoms with E-state index in [2.05, 4.69) is 5.32 Å². The highest BCUT2D eigenvalue weighted by molar-refractivity contribution is 6.13. The normalized spacial score (nSPS) is 14.4. The van der Waals surface area contributed by atoms with Gasteiger partial charge in [0, 0.05) is 17.2 Å². The van der Waals surface area contributed by atoms with Crippen LogP contribution in [0.25, 0.3) is 12.2 Å². The average Bonchev–Trinajstić information content (AvgIpc) is 2.81. The molecule has 0 atom stereocenters. The van der Waals surface area contributed by atoms with Crippen molar-refractivity contribution in [1.29, 1.82) is 0 Å². The fourth-order valence-corrected chi connectivity index (χ4v) is 3.76. The molecule has 0 aromatic heterocycles. The molecule has 0 saturated carbocycles. The number of hydrogen-bond acceptors (Lipinski definition) is 4. The van der Waals surface area contributed by atoms with Crippen LogP contribution in [0.1, 0.15) is 33.5 Å². The lowest BCUT2D eigenvalue weighted by Gasteiger charge is -2.17. The number of allylic oxidation sites excluding steroid dienone is 1. The van der Waals surface area contributed by atoms with Gasteiger partial charge < -0.3 is 15.8 Å². The fraction of sp³-hybridized carbons (Fsp3) is 0.111. The average molecular weight is 425 g/mol. The standard InChI is InChI=1S/C27H24N2O3/c1-32-22-16-18(10-13-26(30)29-25-9-5-4-8-24(25)28)14-19(17-22)15-21-12-11-20-6-2-3-7-23(20)27(21)31/h2-10,13-17H,11-12,28H2,1H3,(H,29,30)/b13-10+,21-15+. The summed E-state index contributed by atoms with van der Waals surface area (Å²) in [5.74, 6) is 0.423. The van der Waals surface area contributed by atoms with E-state index >= 15 is 0 Å². The summed E-state index contributed by atoms with van der Waals surface area (Å²) in [4.78, 5) is 25.2. The van der Waals surface area contributed by atoms with Gasteiger partial charge in [-0.2, -0.15) is 0 Å². The number of fused-ring (bicyclic) bond motifs is 1. The second kappa shape index (κ2) is 9.35. The number of carbonyl (C=O) groups excluding carboxylic acids is 2. The molecule has 160 valence electrons. The lowest BCUT2D eigenvalue weighted by molar-refractivity contribution is -0.111. The third-order valence-corrected chi connectivity index (χ3v) is 5.39. The first-order valence-electron chi connectivity index (χ1n) is 10.4. The number of hydrogen-bond donors (Lipinski definition) is 2. The summed E-state index contributed by atoms with van der Waals surface area (Å²) in [5, 5.41) is 2.77. The maximum absolute atomic E-state index is 12.9. The molecule has 0 aliphatic heterocycles. The molecule has 3 N–H and O–H groups in total. The van der Waals surface area contributed by atoms with Crippen LogP contribution in [0.2, 0.25) is 0 Å². The molecule has 0 saturated heterocycles. The summed E-state index contributed by atoms with van der Waals surface area (Å²) < 4.78 is 5.42. The SMILES string of the molecule is COc1cc(/C=C/C(=O)Nc2ccccc2N)cc(/C=C2\CCc3ccccc3C2=O)c1. The summed E-state index contributed by atoms with van der Waals surface area (Å²) in [7, 11) is 1.59. The predicted octanol–water partition coefficient (Wildman–Crippen LogP) is 5.14. The van der Waals surface area contributed by atoms with E-state index in [4.69, 9.17) is 10.5 Å². The second-order valence-corrected chi connectivity index (χ2v) is 7.61. The van der Waals surface area contributed by atoms with Crippen molar-refractivity contribution in [2.45, 2.75) is 12.8 Å². The lowest BCUT2D eigenvalue weighted by Crippen LogP contribution is -2.13. The minimum atomic E-state index is -0.287. The van der Waals surface area contributed by atoms with Crippen molar-refractivity contribution >= 4 is 35.2 Å². The number of aryl methyl sites for hydroxylation is 1. The molecule has 0 fully saturated rings. The Morgan fingerprint density at radius 3 is 2.56 bits per heavy atom. The molecule has 0 heterocycles. The van der Waals surface area contributed by atoms with E-state index in [0.717, 1.165) is 34.2 Å². The third-order valence-electron chi connectivity index (χ3n) is 5.39. The van der Waals surface area contributed by atoms with Gasteiger partial charge in [-0.05, 0) is 72.0 Å². The minimum Gasteiger partial charge on any atom is -0.497 e. The molecule has 32 heavy (non-hydrogen) atoms. The molecule has 0 bridgehead atoms. The molecule has 0 spiro atoms. The largest absolute Gasteiger partial charge is 0.497 e. The molecule has 1 aliphatic rings.